The Morgan fingerprint density at radius 3 is 2.10 bits per heavy atom. The maximum absolute atomic E-state index is 9.89. The molecule has 0 saturated carbocycles. The lowest BCUT2D eigenvalue weighted by atomic mass is 9.92. The minimum absolute atomic E-state index is 0.251. The lowest BCUT2D eigenvalue weighted by molar-refractivity contribution is 0.365. The van der Waals surface area contributed by atoms with Crippen LogP contribution < -0.4 is 0 Å². The Labute approximate surface area is 117 Å². The number of hydrogen-bond donors (Lipinski definition) is 4. The molecular formula is C16H18O4. The van der Waals surface area contributed by atoms with Crippen molar-refractivity contribution in [3.05, 3.63) is 46.0 Å². The van der Waals surface area contributed by atoms with E-state index in [9.17, 15) is 20.4 Å². The molecule has 2 aromatic rings. The fourth-order valence-corrected chi connectivity index (χ4v) is 2.33. The monoisotopic (exact) mass is 274 g/mol. The first-order chi connectivity index (χ1) is 9.32. The van der Waals surface area contributed by atoms with Crippen LogP contribution in [0.2, 0.25) is 0 Å². The molecule has 0 aliphatic rings. The first-order valence-electron chi connectivity index (χ1n) is 6.34. The van der Waals surface area contributed by atoms with E-state index >= 15 is 0 Å². The molecule has 0 aliphatic carbocycles. The second-order valence-corrected chi connectivity index (χ2v) is 5.06. The molecule has 0 aromatic heterocycles. The van der Waals surface area contributed by atoms with Gasteiger partial charge < -0.3 is 20.4 Å². The number of rotatable bonds is 2. The van der Waals surface area contributed by atoms with Crippen molar-refractivity contribution in [2.45, 2.75) is 27.2 Å². The van der Waals surface area contributed by atoms with Crippen LogP contribution in [-0.2, 0) is 6.42 Å². The zero-order valence-corrected chi connectivity index (χ0v) is 11.7. The van der Waals surface area contributed by atoms with Gasteiger partial charge in [-0.25, -0.2) is 0 Å². The molecule has 0 aliphatic heterocycles. The molecular weight excluding hydrogens is 256 g/mol. The van der Waals surface area contributed by atoms with Crippen molar-refractivity contribution in [1.82, 2.24) is 0 Å². The fraction of sp³-hybridized carbons (Fsp3) is 0.250. The number of phenols is 4. The first kappa shape index (κ1) is 14.1. The minimum Gasteiger partial charge on any atom is -0.508 e. The summed E-state index contributed by atoms with van der Waals surface area (Å²) in [6.07, 6.45) is 0.415. The lowest BCUT2D eigenvalue weighted by Crippen LogP contribution is -1.99. The molecule has 2 aromatic carbocycles. The zero-order chi connectivity index (χ0) is 15.0. The van der Waals surface area contributed by atoms with Crippen molar-refractivity contribution in [3.8, 4) is 23.0 Å². The van der Waals surface area contributed by atoms with Gasteiger partial charge in [0, 0.05) is 12.0 Å². The van der Waals surface area contributed by atoms with Gasteiger partial charge in [-0.2, -0.15) is 0 Å². The van der Waals surface area contributed by atoms with E-state index in [2.05, 4.69) is 0 Å². The molecule has 0 saturated heterocycles. The molecule has 2 rings (SSSR count). The third kappa shape index (κ3) is 2.25. The second kappa shape index (κ2) is 4.96. The van der Waals surface area contributed by atoms with Crippen LogP contribution in [0.15, 0.2) is 18.2 Å². The molecule has 0 heterocycles. The minimum atomic E-state index is -0.506. The van der Waals surface area contributed by atoms with Crippen molar-refractivity contribution in [2.24, 2.45) is 0 Å². The van der Waals surface area contributed by atoms with E-state index in [1.807, 2.05) is 20.8 Å². The largest absolute Gasteiger partial charge is 0.508 e. The summed E-state index contributed by atoms with van der Waals surface area (Å²) in [4.78, 5) is 0. The van der Waals surface area contributed by atoms with Crippen molar-refractivity contribution in [2.75, 3.05) is 0 Å². The molecule has 0 amide bonds. The van der Waals surface area contributed by atoms with Crippen LogP contribution in [0.3, 0.4) is 0 Å². The van der Waals surface area contributed by atoms with Crippen molar-refractivity contribution in [1.29, 1.82) is 0 Å². The summed E-state index contributed by atoms with van der Waals surface area (Å²) in [5, 5.41) is 38.6. The molecule has 0 atom stereocenters. The number of hydrogen-bond acceptors (Lipinski definition) is 4. The van der Waals surface area contributed by atoms with Crippen molar-refractivity contribution in [3.63, 3.8) is 0 Å². The number of phenolic OH excluding ortho intramolecular Hbond substituents is 4. The van der Waals surface area contributed by atoms with Gasteiger partial charge in [-0.1, -0.05) is 6.07 Å². The molecule has 4 N–H and O–H groups in total. The summed E-state index contributed by atoms with van der Waals surface area (Å²) in [5.41, 5.74) is 4.18. The van der Waals surface area contributed by atoms with Crippen LogP contribution in [0.4, 0.5) is 0 Å². The SMILES string of the molecule is Cc1cc(O)c(C)c(C)c1Cc1ccc(O)c(O)c1O. The van der Waals surface area contributed by atoms with E-state index in [0.717, 1.165) is 22.3 Å². The average molecular weight is 274 g/mol. The number of benzene rings is 2. The number of aromatic hydroxyl groups is 4. The van der Waals surface area contributed by atoms with E-state index in [1.54, 1.807) is 12.1 Å². The average Bonchev–Trinajstić information content (AvgIpc) is 2.41. The normalized spacial score (nSPS) is 10.8. The van der Waals surface area contributed by atoms with E-state index in [-0.39, 0.29) is 17.2 Å². The molecule has 106 valence electrons. The first-order valence-corrected chi connectivity index (χ1v) is 6.34. The summed E-state index contributed by atoms with van der Waals surface area (Å²) in [7, 11) is 0. The molecule has 0 fully saturated rings. The Balaban J connectivity index is 2.51. The molecule has 4 heteroatoms. The van der Waals surface area contributed by atoms with Crippen LogP contribution in [0.1, 0.15) is 27.8 Å². The van der Waals surface area contributed by atoms with Gasteiger partial charge in [0.1, 0.15) is 5.75 Å². The van der Waals surface area contributed by atoms with E-state index < -0.39 is 5.75 Å². The standard InChI is InChI=1S/C16H18O4/c1-8-6-14(18)10(3)9(2)12(8)7-11-4-5-13(17)16(20)15(11)19/h4-6,17-20H,7H2,1-3H3. The van der Waals surface area contributed by atoms with Gasteiger partial charge >= 0.3 is 0 Å². The van der Waals surface area contributed by atoms with Crippen LogP contribution in [0, 0.1) is 20.8 Å². The van der Waals surface area contributed by atoms with Gasteiger partial charge in [0.25, 0.3) is 0 Å². The topological polar surface area (TPSA) is 80.9 Å². The smallest absolute Gasteiger partial charge is 0.200 e. The fourth-order valence-electron chi connectivity index (χ4n) is 2.33. The van der Waals surface area contributed by atoms with Crippen LogP contribution in [-0.4, -0.2) is 20.4 Å². The molecule has 4 nitrogen and oxygen atoms in total. The highest BCUT2D eigenvalue weighted by atomic mass is 16.3. The van der Waals surface area contributed by atoms with E-state index in [1.165, 1.54) is 6.07 Å². The third-order valence-corrected chi connectivity index (χ3v) is 3.81. The highest BCUT2D eigenvalue weighted by molar-refractivity contribution is 5.56. The summed E-state index contributed by atoms with van der Waals surface area (Å²) >= 11 is 0. The molecule has 0 unspecified atom stereocenters. The molecule has 0 radical (unpaired) electrons. The third-order valence-electron chi connectivity index (χ3n) is 3.81. The van der Waals surface area contributed by atoms with Gasteiger partial charge in [0.05, 0.1) is 0 Å². The van der Waals surface area contributed by atoms with Crippen LogP contribution >= 0.6 is 0 Å². The van der Waals surface area contributed by atoms with Crippen LogP contribution in [0.5, 0.6) is 23.0 Å². The zero-order valence-electron chi connectivity index (χ0n) is 11.7. The molecule has 0 bridgehead atoms. The highest BCUT2D eigenvalue weighted by Gasteiger charge is 2.15. The molecule has 20 heavy (non-hydrogen) atoms. The van der Waals surface area contributed by atoms with Crippen LogP contribution in [0.25, 0.3) is 0 Å². The van der Waals surface area contributed by atoms with Gasteiger partial charge in [-0.3, -0.25) is 0 Å². The Morgan fingerprint density at radius 2 is 1.45 bits per heavy atom. The Morgan fingerprint density at radius 1 is 0.800 bits per heavy atom. The highest BCUT2D eigenvalue weighted by Crippen LogP contribution is 2.39. The van der Waals surface area contributed by atoms with Gasteiger partial charge in [-0.05, 0) is 55.2 Å². The number of aryl methyl sites for hydroxylation is 1. The maximum atomic E-state index is 9.89. The van der Waals surface area contributed by atoms with Gasteiger partial charge in [0.15, 0.2) is 11.5 Å². The van der Waals surface area contributed by atoms with Gasteiger partial charge in [-0.15, -0.1) is 0 Å². The summed E-state index contributed by atoms with van der Waals surface area (Å²) < 4.78 is 0. The Hall–Kier alpha value is -2.36. The second-order valence-electron chi connectivity index (χ2n) is 5.06. The van der Waals surface area contributed by atoms with Crippen molar-refractivity contribution < 1.29 is 20.4 Å². The lowest BCUT2D eigenvalue weighted by Gasteiger charge is -2.15. The summed E-state index contributed by atoms with van der Waals surface area (Å²) in [5.74, 6) is -0.911. The van der Waals surface area contributed by atoms with Gasteiger partial charge in [0.2, 0.25) is 5.75 Å². The maximum Gasteiger partial charge on any atom is 0.200 e. The quantitative estimate of drug-likeness (QED) is 0.634. The van der Waals surface area contributed by atoms with Crippen molar-refractivity contribution >= 4 is 0 Å². The Bertz CT molecular complexity index is 675. The molecule has 0 spiro atoms. The summed E-state index contributed by atoms with van der Waals surface area (Å²) in [6, 6.07) is 4.61. The Kier molecular flexibility index (Phi) is 3.49. The predicted octanol–water partition coefficient (Wildman–Crippen LogP) is 3.03. The van der Waals surface area contributed by atoms with E-state index in [0.29, 0.717) is 12.0 Å². The predicted molar refractivity (Wildman–Crippen MR) is 76.6 cm³/mol. The van der Waals surface area contributed by atoms with E-state index in [4.69, 9.17) is 0 Å². The summed E-state index contributed by atoms with van der Waals surface area (Å²) in [6.45, 7) is 5.63.